The molecule has 0 amide bonds. The Morgan fingerprint density at radius 1 is 1.67 bits per heavy atom. The van der Waals surface area contributed by atoms with Crippen molar-refractivity contribution in [3.05, 3.63) is 12.7 Å². The summed E-state index contributed by atoms with van der Waals surface area (Å²) in [5, 5.41) is 10.9. The highest BCUT2D eigenvalue weighted by molar-refractivity contribution is 7.52. The first-order valence-electron chi connectivity index (χ1n) is 3.51. The molecule has 0 aliphatic rings. The topological polar surface area (TPSA) is 78.8 Å². The van der Waals surface area contributed by atoms with Gasteiger partial charge in [-0.2, -0.15) is 0 Å². The van der Waals surface area contributed by atoms with Crippen LogP contribution in [0.5, 0.6) is 0 Å². The van der Waals surface area contributed by atoms with E-state index in [-0.39, 0.29) is 26.0 Å². The lowest BCUT2D eigenvalue weighted by atomic mass is 10.7. The quantitative estimate of drug-likeness (QED) is 0.300. The van der Waals surface area contributed by atoms with Crippen molar-refractivity contribution in [1.82, 2.24) is 5.32 Å². The third kappa shape index (κ3) is 6.52. The highest BCUT2D eigenvalue weighted by atomic mass is 31.2. The molecule has 0 bridgehead atoms. The van der Waals surface area contributed by atoms with Crippen molar-refractivity contribution >= 4 is 7.60 Å². The largest absolute Gasteiger partial charge is 0.395 e. The van der Waals surface area contributed by atoms with Gasteiger partial charge in [0.1, 0.15) is 0 Å². The average molecular weight is 195 g/mol. The molecule has 1 atom stereocenters. The van der Waals surface area contributed by atoms with E-state index in [2.05, 4.69) is 16.4 Å². The molecule has 3 N–H and O–H groups in total. The van der Waals surface area contributed by atoms with Gasteiger partial charge in [-0.3, -0.25) is 4.57 Å². The molecule has 1 unspecified atom stereocenters. The lowest BCUT2D eigenvalue weighted by molar-refractivity contribution is 0.275. The van der Waals surface area contributed by atoms with E-state index in [1.165, 1.54) is 6.08 Å². The van der Waals surface area contributed by atoms with Crippen LogP contribution in [-0.4, -0.2) is 36.0 Å². The predicted molar refractivity (Wildman–Crippen MR) is 45.9 cm³/mol. The van der Waals surface area contributed by atoms with E-state index in [9.17, 15) is 4.57 Å². The Labute approximate surface area is 71.6 Å². The molecule has 0 heterocycles. The van der Waals surface area contributed by atoms with Crippen molar-refractivity contribution in [2.75, 3.05) is 26.0 Å². The molecule has 6 heteroatoms. The van der Waals surface area contributed by atoms with Crippen molar-refractivity contribution in [3.8, 4) is 0 Å². The Kier molecular flexibility index (Phi) is 6.24. The summed E-state index contributed by atoms with van der Waals surface area (Å²) in [5.41, 5.74) is 0. The van der Waals surface area contributed by atoms with Gasteiger partial charge in [0.05, 0.1) is 19.5 Å². The van der Waals surface area contributed by atoms with Gasteiger partial charge in [-0.15, -0.1) is 6.58 Å². The summed E-state index contributed by atoms with van der Waals surface area (Å²) in [4.78, 5) is 9.01. The molecule has 0 rings (SSSR count). The SMILES string of the molecule is C=CCOP(=O)(O)CNCCO. The van der Waals surface area contributed by atoms with Gasteiger partial charge in [-0.25, -0.2) is 0 Å². The summed E-state index contributed by atoms with van der Waals surface area (Å²) in [6.45, 7) is 3.60. The second-order valence-corrected chi connectivity index (χ2v) is 3.95. The van der Waals surface area contributed by atoms with Crippen LogP contribution in [0, 0.1) is 0 Å². The molecular weight excluding hydrogens is 181 g/mol. The van der Waals surface area contributed by atoms with Crippen LogP contribution in [0.25, 0.3) is 0 Å². The van der Waals surface area contributed by atoms with E-state index >= 15 is 0 Å². The number of hydrogen-bond donors (Lipinski definition) is 3. The molecule has 0 aromatic carbocycles. The van der Waals surface area contributed by atoms with Gasteiger partial charge in [-0.1, -0.05) is 6.08 Å². The van der Waals surface area contributed by atoms with Crippen molar-refractivity contribution < 1.29 is 19.1 Å². The first kappa shape index (κ1) is 11.8. The molecule has 0 aliphatic carbocycles. The fraction of sp³-hybridized carbons (Fsp3) is 0.667. The molecule has 12 heavy (non-hydrogen) atoms. The zero-order valence-electron chi connectivity index (χ0n) is 6.77. The Bertz CT molecular complexity index is 173. The molecule has 72 valence electrons. The second kappa shape index (κ2) is 6.34. The minimum atomic E-state index is -3.53. The normalized spacial score (nSPS) is 15.5. The van der Waals surface area contributed by atoms with Crippen molar-refractivity contribution in [2.45, 2.75) is 0 Å². The van der Waals surface area contributed by atoms with Gasteiger partial charge in [0.15, 0.2) is 0 Å². The standard InChI is InChI=1S/C6H14NO4P/c1-2-5-11-12(9,10)6-7-3-4-8/h2,7-8H,1,3-6H2,(H,9,10). The summed E-state index contributed by atoms with van der Waals surface area (Å²) >= 11 is 0. The van der Waals surface area contributed by atoms with Crippen LogP contribution >= 0.6 is 7.60 Å². The van der Waals surface area contributed by atoms with Gasteiger partial charge in [0, 0.05) is 6.54 Å². The molecule has 0 saturated heterocycles. The van der Waals surface area contributed by atoms with Gasteiger partial charge < -0.3 is 19.8 Å². The minimum Gasteiger partial charge on any atom is -0.395 e. The van der Waals surface area contributed by atoms with Crippen LogP contribution in [0.3, 0.4) is 0 Å². The van der Waals surface area contributed by atoms with Gasteiger partial charge in [0.25, 0.3) is 0 Å². The predicted octanol–water partition coefficient (Wildman–Crippen LogP) is -0.0862. The zero-order valence-corrected chi connectivity index (χ0v) is 7.67. The molecule has 0 aromatic rings. The number of nitrogens with one attached hydrogen (secondary N) is 1. The smallest absolute Gasteiger partial charge is 0.342 e. The summed E-state index contributed by atoms with van der Waals surface area (Å²) in [7, 11) is -3.53. The Hall–Kier alpha value is -0.190. The van der Waals surface area contributed by atoms with E-state index in [0.717, 1.165) is 0 Å². The third-order valence-electron chi connectivity index (χ3n) is 0.994. The fourth-order valence-electron chi connectivity index (χ4n) is 0.514. The van der Waals surface area contributed by atoms with E-state index in [4.69, 9.17) is 10.00 Å². The maximum Gasteiger partial charge on any atom is 0.342 e. The maximum atomic E-state index is 11.0. The molecule has 0 saturated carbocycles. The van der Waals surface area contributed by atoms with Crippen LogP contribution < -0.4 is 5.32 Å². The van der Waals surface area contributed by atoms with Crippen LogP contribution in [0.15, 0.2) is 12.7 Å². The van der Waals surface area contributed by atoms with E-state index in [0.29, 0.717) is 0 Å². The van der Waals surface area contributed by atoms with Crippen molar-refractivity contribution in [1.29, 1.82) is 0 Å². The Balaban J connectivity index is 3.56. The Morgan fingerprint density at radius 3 is 2.83 bits per heavy atom. The fourth-order valence-corrected chi connectivity index (χ4v) is 1.38. The highest BCUT2D eigenvalue weighted by Crippen LogP contribution is 2.39. The van der Waals surface area contributed by atoms with E-state index in [1.807, 2.05) is 0 Å². The molecule has 0 aliphatic heterocycles. The van der Waals surface area contributed by atoms with Crippen molar-refractivity contribution in [3.63, 3.8) is 0 Å². The first-order chi connectivity index (χ1) is 5.62. The van der Waals surface area contributed by atoms with Crippen LogP contribution in [0.1, 0.15) is 0 Å². The molecular formula is C6H14NO4P. The molecule has 0 aromatic heterocycles. The number of aliphatic hydroxyl groups excluding tert-OH is 1. The summed E-state index contributed by atoms with van der Waals surface area (Å²) in [5.74, 6) is 0. The number of aliphatic hydroxyl groups is 1. The molecule has 0 radical (unpaired) electrons. The second-order valence-electron chi connectivity index (χ2n) is 2.10. The van der Waals surface area contributed by atoms with Crippen LogP contribution in [0.2, 0.25) is 0 Å². The van der Waals surface area contributed by atoms with Gasteiger partial charge in [0.2, 0.25) is 0 Å². The van der Waals surface area contributed by atoms with Gasteiger partial charge in [-0.05, 0) is 0 Å². The van der Waals surface area contributed by atoms with Crippen molar-refractivity contribution in [2.24, 2.45) is 0 Å². The maximum absolute atomic E-state index is 11.0. The first-order valence-corrected chi connectivity index (χ1v) is 5.27. The summed E-state index contributed by atoms with van der Waals surface area (Å²) in [6.07, 6.45) is 1.25. The summed E-state index contributed by atoms with van der Waals surface area (Å²) in [6, 6.07) is 0. The van der Waals surface area contributed by atoms with Crippen LogP contribution in [0.4, 0.5) is 0 Å². The third-order valence-corrected chi connectivity index (χ3v) is 2.17. The monoisotopic (exact) mass is 195 g/mol. The van der Waals surface area contributed by atoms with Gasteiger partial charge >= 0.3 is 7.60 Å². The summed E-state index contributed by atoms with van der Waals surface area (Å²) < 4.78 is 15.6. The minimum absolute atomic E-state index is 0.0502. The zero-order chi connectivity index (χ0) is 9.45. The molecule has 0 fully saturated rings. The number of hydrogen-bond acceptors (Lipinski definition) is 4. The molecule has 0 spiro atoms. The lowest BCUT2D eigenvalue weighted by Crippen LogP contribution is -2.20. The molecule has 5 nitrogen and oxygen atoms in total. The average Bonchev–Trinajstić information content (AvgIpc) is 2.01. The van der Waals surface area contributed by atoms with E-state index < -0.39 is 7.60 Å². The van der Waals surface area contributed by atoms with Crippen LogP contribution in [-0.2, 0) is 9.09 Å². The van der Waals surface area contributed by atoms with E-state index in [1.54, 1.807) is 0 Å². The Morgan fingerprint density at radius 2 is 2.33 bits per heavy atom. The lowest BCUT2D eigenvalue weighted by Gasteiger charge is -2.10. The highest BCUT2D eigenvalue weighted by Gasteiger charge is 2.16. The number of rotatable bonds is 7.